The summed E-state index contributed by atoms with van der Waals surface area (Å²) in [6, 6.07) is 2.01. The van der Waals surface area contributed by atoms with Gasteiger partial charge in [-0.25, -0.2) is 8.78 Å². The van der Waals surface area contributed by atoms with E-state index in [1.165, 1.54) is 0 Å². The first-order valence-electron chi connectivity index (χ1n) is 5.98. The van der Waals surface area contributed by atoms with Gasteiger partial charge >= 0.3 is 0 Å². The number of hydrogen-bond acceptors (Lipinski definition) is 2. The zero-order valence-corrected chi connectivity index (χ0v) is 9.68. The van der Waals surface area contributed by atoms with Gasteiger partial charge in [-0.1, -0.05) is 19.3 Å². The fourth-order valence-corrected chi connectivity index (χ4v) is 2.83. The van der Waals surface area contributed by atoms with Crippen molar-refractivity contribution in [3.05, 3.63) is 29.3 Å². The molecule has 1 aliphatic rings. The highest BCUT2D eigenvalue weighted by molar-refractivity contribution is 5.41. The van der Waals surface area contributed by atoms with Crippen LogP contribution < -0.4 is 5.73 Å². The van der Waals surface area contributed by atoms with Crippen LogP contribution in [0.25, 0.3) is 0 Å². The minimum absolute atomic E-state index is 0.0692. The Morgan fingerprint density at radius 1 is 1.12 bits per heavy atom. The van der Waals surface area contributed by atoms with Gasteiger partial charge in [-0.05, 0) is 25.0 Å². The first kappa shape index (κ1) is 12.3. The van der Waals surface area contributed by atoms with Crippen LogP contribution in [0.2, 0.25) is 0 Å². The summed E-state index contributed by atoms with van der Waals surface area (Å²) in [6.07, 6.45) is 4.37. The van der Waals surface area contributed by atoms with Crippen molar-refractivity contribution in [1.29, 1.82) is 0 Å². The Balaban J connectivity index is 2.53. The van der Waals surface area contributed by atoms with E-state index in [1.54, 1.807) is 0 Å². The predicted octanol–water partition coefficient (Wildman–Crippen LogP) is 2.83. The number of benzene rings is 1. The minimum atomic E-state index is -0.778. The maximum Gasteiger partial charge on any atom is 0.165 e. The molecule has 0 bridgehead atoms. The quantitative estimate of drug-likeness (QED) is 0.836. The summed E-state index contributed by atoms with van der Waals surface area (Å²) in [5.74, 6) is -1.91. The lowest BCUT2D eigenvalue weighted by atomic mass is 9.69. The third-order valence-electron chi connectivity index (χ3n) is 3.81. The molecule has 0 amide bonds. The molecule has 0 radical (unpaired) electrons. The fourth-order valence-electron chi connectivity index (χ4n) is 2.83. The molecule has 3 N–H and O–H groups in total. The Morgan fingerprint density at radius 3 is 2.29 bits per heavy atom. The van der Waals surface area contributed by atoms with Gasteiger partial charge in [-0.15, -0.1) is 0 Å². The van der Waals surface area contributed by atoms with Crippen molar-refractivity contribution in [3.63, 3.8) is 0 Å². The zero-order valence-electron chi connectivity index (χ0n) is 9.68. The van der Waals surface area contributed by atoms with Crippen molar-refractivity contribution < 1.29 is 13.9 Å². The molecule has 0 aromatic heterocycles. The normalized spacial score (nSPS) is 19.2. The van der Waals surface area contributed by atoms with Gasteiger partial charge in [0.2, 0.25) is 0 Å². The summed E-state index contributed by atoms with van der Waals surface area (Å²) < 4.78 is 27.2. The zero-order chi connectivity index (χ0) is 12.5. The third kappa shape index (κ3) is 2.02. The number of aromatic hydroxyl groups is 1. The monoisotopic (exact) mass is 241 g/mol. The van der Waals surface area contributed by atoms with Crippen molar-refractivity contribution in [2.75, 3.05) is 6.54 Å². The Labute approximate surface area is 99.4 Å². The molecule has 17 heavy (non-hydrogen) atoms. The molecule has 1 fully saturated rings. The lowest BCUT2D eigenvalue weighted by Crippen LogP contribution is -2.38. The van der Waals surface area contributed by atoms with E-state index in [1.807, 2.05) is 0 Å². The van der Waals surface area contributed by atoms with Gasteiger partial charge in [0.1, 0.15) is 5.82 Å². The van der Waals surface area contributed by atoms with Crippen LogP contribution in [-0.2, 0) is 5.41 Å². The van der Waals surface area contributed by atoms with Crippen LogP contribution in [0.5, 0.6) is 5.75 Å². The molecule has 0 aliphatic heterocycles. The van der Waals surface area contributed by atoms with Gasteiger partial charge in [0.25, 0.3) is 0 Å². The summed E-state index contributed by atoms with van der Waals surface area (Å²) in [7, 11) is 0. The highest BCUT2D eigenvalue weighted by atomic mass is 19.1. The van der Waals surface area contributed by atoms with E-state index in [2.05, 4.69) is 0 Å². The van der Waals surface area contributed by atoms with Crippen LogP contribution in [0.15, 0.2) is 12.1 Å². The van der Waals surface area contributed by atoms with Gasteiger partial charge in [-0.2, -0.15) is 0 Å². The Hall–Kier alpha value is -1.16. The maximum absolute atomic E-state index is 13.9. The summed E-state index contributed by atoms with van der Waals surface area (Å²) in [5.41, 5.74) is 5.22. The highest BCUT2D eigenvalue weighted by Crippen LogP contribution is 2.44. The molecule has 0 saturated heterocycles. The van der Waals surface area contributed by atoms with E-state index >= 15 is 0 Å². The third-order valence-corrected chi connectivity index (χ3v) is 3.81. The molecule has 0 atom stereocenters. The van der Waals surface area contributed by atoms with E-state index in [-0.39, 0.29) is 12.1 Å². The molecule has 1 saturated carbocycles. The largest absolute Gasteiger partial charge is 0.505 e. The molecule has 2 nitrogen and oxygen atoms in total. The smallest absolute Gasteiger partial charge is 0.165 e. The van der Waals surface area contributed by atoms with E-state index in [0.29, 0.717) is 12.8 Å². The van der Waals surface area contributed by atoms with Crippen LogP contribution in [0.1, 0.15) is 37.7 Å². The Morgan fingerprint density at radius 2 is 1.71 bits per heavy atom. The number of phenols is 1. The average Bonchev–Trinajstić information content (AvgIpc) is 2.35. The molecule has 0 spiro atoms. The predicted molar refractivity (Wildman–Crippen MR) is 61.8 cm³/mol. The molecule has 1 aliphatic carbocycles. The first-order chi connectivity index (χ1) is 8.10. The van der Waals surface area contributed by atoms with E-state index in [4.69, 9.17) is 5.73 Å². The number of nitrogens with two attached hydrogens (primary N) is 1. The van der Waals surface area contributed by atoms with Crippen LogP contribution >= 0.6 is 0 Å². The minimum Gasteiger partial charge on any atom is -0.505 e. The lowest BCUT2D eigenvalue weighted by molar-refractivity contribution is 0.277. The van der Waals surface area contributed by atoms with E-state index in [9.17, 15) is 13.9 Å². The molecule has 1 aromatic carbocycles. The molecule has 0 unspecified atom stereocenters. The Kier molecular flexibility index (Phi) is 3.33. The topological polar surface area (TPSA) is 46.2 Å². The van der Waals surface area contributed by atoms with Crippen LogP contribution in [0.3, 0.4) is 0 Å². The summed E-state index contributed by atoms with van der Waals surface area (Å²) in [5, 5.41) is 9.76. The van der Waals surface area contributed by atoms with Crippen molar-refractivity contribution in [2.45, 2.75) is 37.5 Å². The standard InChI is InChI=1S/C13H17F2NO/c14-9-4-5-10(15)12(17)11(9)13(8-16)6-2-1-3-7-13/h4-5,17H,1-3,6-8,16H2. The van der Waals surface area contributed by atoms with Gasteiger partial charge in [0.15, 0.2) is 11.6 Å². The molecular formula is C13H17F2NO. The van der Waals surface area contributed by atoms with E-state index < -0.39 is 22.8 Å². The molecule has 4 heteroatoms. The van der Waals surface area contributed by atoms with Gasteiger partial charge < -0.3 is 10.8 Å². The number of halogens is 2. The molecular weight excluding hydrogens is 224 g/mol. The van der Waals surface area contributed by atoms with Gasteiger partial charge in [-0.3, -0.25) is 0 Å². The van der Waals surface area contributed by atoms with Gasteiger partial charge in [0.05, 0.1) is 0 Å². The van der Waals surface area contributed by atoms with Crippen molar-refractivity contribution >= 4 is 0 Å². The van der Waals surface area contributed by atoms with Crippen LogP contribution in [-0.4, -0.2) is 11.7 Å². The Bertz CT molecular complexity index is 414. The van der Waals surface area contributed by atoms with Crippen molar-refractivity contribution in [2.24, 2.45) is 5.73 Å². The SMILES string of the molecule is NCC1(c2c(F)ccc(F)c2O)CCCCC1. The number of phenolic OH excluding ortho intramolecular Hbond substituents is 1. The van der Waals surface area contributed by atoms with E-state index in [0.717, 1.165) is 31.4 Å². The van der Waals surface area contributed by atoms with Crippen molar-refractivity contribution in [3.8, 4) is 5.75 Å². The second-order valence-corrected chi connectivity index (χ2v) is 4.80. The van der Waals surface area contributed by atoms with Gasteiger partial charge in [0, 0.05) is 17.5 Å². The maximum atomic E-state index is 13.9. The molecule has 1 aromatic rings. The average molecular weight is 241 g/mol. The summed E-state index contributed by atoms with van der Waals surface area (Å²) >= 11 is 0. The highest BCUT2D eigenvalue weighted by Gasteiger charge is 2.37. The van der Waals surface area contributed by atoms with Crippen molar-refractivity contribution in [1.82, 2.24) is 0 Å². The fraction of sp³-hybridized carbons (Fsp3) is 0.538. The van der Waals surface area contributed by atoms with Crippen LogP contribution in [0.4, 0.5) is 8.78 Å². The lowest BCUT2D eigenvalue weighted by Gasteiger charge is -2.37. The molecule has 0 heterocycles. The number of rotatable bonds is 2. The first-order valence-corrected chi connectivity index (χ1v) is 5.98. The number of hydrogen-bond donors (Lipinski definition) is 2. The summed E-state index contributed by atoms with van der Waals surface area (Å²) in [6.45, 7) is 0.237. The second kappa shape index (κ2) is 4.61. The van der Waals surface area contributed by atoms with Crippen LogP contribution in [0, 0.1) is 11.6 Å². The molecule has 94 valence electrons. The second-order valence-electron chi connectivity index (χ2n) is 4.80. The molecule has 2 rings (SSSR count). The summed E-state index contributed by atoms with van der Waals surface area (Å²) in [4.78, 5) is 0.